The average molecular weight is 790 g/mol. The molecule has 0 spiro atoms. The van der Waals surface area contributed by atoms with Crippen LogP contribution in [0.5, 0.6) is 0 Å². The summed E-state index contributed by atoms with van der Waals surface area (Å²) in [7, 11) is 0. The maximum atomic E-state index is 15.4. The molecule has 0 fully saturated rings. The van der Waals surface area contributed by atoms with Crippen LogP contribution in [0.3, 0.4) is 0 Å². The third-order valence-electron chi connectivity index (χ3n) is 6.09. The van der Waals surface area contributed by atoms with Gasteiger partial charge in [-0.25, -0.2) is 0 Å². The molecule has 0 nitrogen and oxygen atoms in total. The van der Waals surface area contributed by atoms with Crippen molar-refractivity contribution in [2.24, 2.45) is 0 Å². The van der Waals surface area contributed by atoms with Crippen LogP contribution in [0.25, 0.3) is 0 Å². The normalized spacial score (nSPS) is 12.0. The third kappa shape index (κ3) is 4.37. The minimum atomic E-state index is -9.68. The zero-order valence-corrected chi connectivity index (χ0v) is 22.6. The Morgan fingerprint density at radius 3 is 0.356 bits per heavy atom. The zero-order chi connectivity index (χ0) is 34.4. The Kier molecular flexibility index (Phi) is 8.56. The van der Waals surface area contributed by atoms with Crippen LogP contribution < -0.4 is 14.0 Å². The molecule has 0 radical (unpaired) electrons. The summed E-state index contributed by atoms with van der Waals surface area (Å²) in [6, 6.07) is 0. The summed E-state index contributed by atoms with van der Waals surface area (Å²) in [4.78, 5) is 0. The Labute approximate surface area is 237 Å². The van der Waals surface area contributed by atoms with Gasteiger partial charge in [-0.1, -0.05) is 0 Å². The van der Waals surface area contributed by atoms with E-state index < -0.39 is 149 Å². The van der Waals surface area contributed by atoms with E-state index in [4.69, 9.17) is 0 Å². The second kappa shape index (κ2) is 11.3. The van der Waals surface area contributed by atoms with Crippen molar-refractivity contribution in [2.75, 3.05) is 0 Å². The Morgan fingerprint density at radius 1 is 0.156 bits per heavy atom. The van der Waals surface area contributed by atoms with Crippen LogP contribution >= 0.6 is 0 Å². The molecular weight excluding hydrogens is 790 g/mol. The Balaban J connectivity index is 2.69. The molecule has 0 aliphatic carbocycles. The van der Waals surface area contributed by atoms with Crippen molar-refractivity contribution in [1.29, 1.82) is 0 Å². The van der Waals surface area contributed by atoms with E-state index >= 15 is 35.1 Å². The summed E-state index contributed by atoms with van der Waals surface area (Å²) in [5.41, 5.74) is 0. The van der Waals surface area contributed by atoms with Crippen molar-refractivity contribution in [3.05, 3.63) is 116 Å². The molecule has 21 heteroatoms. The molecule has 0 bridgehead atoms. The van der Waals surface area contributed by atoms with E-state index in [-0.39, 0.29) is 0 Å². The number of halogens is 20. The van der Waals surface area contributed by atoms with E-state index in [1.807, 2.05) is 0 Å². The van der Waals surface area contributed by atoms with Gasteiger partial charge in [-0.05, 0) is 0 Å². The van der Waals surface area contributed by atoms with Gasteiger partial charge in [0, 0.05) is 0 Å². The molecule has 4 aromatic carbocycles. The van der Waals surface area contributed by atoms with E-state index in [1.165, 1.54) is 0 Å². The monoisotopic (exact) mass is 789 g/mol. The van der Waals surface area contributed by atoms with Crippen molar-refractivity contribution in [2.45, 2.75) is 0 Å². The third-order valence-corrected chi connectivity index (χ3v) is 18.2. The summed E-state index contributed by atoms with van der Waals surface area (Å²) in [6.07, 6.45) is 0. The molecule has 45 heavy (non-hydrogen) atoms. The summed E-state index contributed by atoms with van der Waals surface area (Å²) in [5, 5.41) is 0. The number of rotatable bonds is 4. The Bertz CT molecular complexity index is 1570. The molecule has 0 aliphatic rings. The van der Waals surface area contributed by atoms with E-state index in [2.05, 4.69) is 0 Å². The molecule has 0 atom stereocenters. The molecule has 0 heterocycles. The quantitative estimate of drug-likeness (QED) is 0.106. The first kappa shape index (κ1) is 34.2. The van der Waals surface area contributed by atoms with Crippen molar-refractivity contribution in [1.82, 2.24) is 0 Å². The topological polar surface area (TPSA) is 0 Å². The van der Waals surface area contributed by atoms with Crippen LogP contribution in [0, 0.1) is 116 Å². The van der Waals surface area contributed by atoms with Gasteiger partial charge >= 0.3 is 237 Å². The van der Waals surface area contributed by atoms with Gasteiger partial charge in [-0.3, -0.25) is 0 Å². The summed E-state index contributed by atoms with van der Waals surface area (Å²) in [5.74, 6) is -70.6. The van der Waals surface area contributed by atoms with Crippen LogP contribution in [0.2, 0.25) is 0 Å². The molecule has 0 saturated carbocycles. The molecule has 0 unspecified atom stereocenters. The molecule has 0 N–H and O–H groups in total. The van der Waals surface area contributed by atoms with Crippen LogP contribution in [0.4, 0.5) is 87.8 Å². The molecule has 240 valence electrons. The van der Waals surface area contributed by atoms with Crippen LogP contribution in [-0.2, 0) is 0 Å². The van der Waals surface area contributed by atoms with Crippen molar-refractivity contribution in [3.63, 3.8) is 0 Å². The first-order chi connectivity index (χ1) is 20.7. The fraction of sp³-hybridized carbons (Fsp3) is 0. The predicted octanol–water partition coefficient (Wildman–Crippen LogP) is 5.85. The van der Waals surface area contributed by atoms with Crippen molar-refractivity contribution in [3.8, 4) is 0 Å². The zero-order valence-electron chi connectivity index (χ0n) is 20.0. The van der Waals surface area contributed by atoms with Gasteiger partial charge in [-0.2, -0.15) is 0 Å². The standard InChI is InChI=1S/4C6F5.Sb/c4*7-2-1-3(8)5(10)6(11)4(2)9;/q;;;;+1. The van der Waals surface area contributed by atoms with Gasteiger partial charge in [0.25, 0.3) is 0 Å². The molecule has 4 aromatic rings. The van der Waals surface area contributed by atoms with Crippen molar-refractivity contribution < 1.29 is 87.8 Å². The first-order valence-electron chi connectivity index (χ1n) is 10.7. The van der Waals surface area contributed by atoms with Gasteiger partial charge in [0.2, 0.25) is 0 Å². The van der Waals surface area contributed by atoms with E-state index in [0.29, 0.717) is 0 Å². The second-order valence-corrected chi connectivity index (χ2v) is 17.3. The fourth-order valence-electron chi connectivity index (χ4n) is 4.22. The molecule has 0 aromatic heterocycles. The van der Waals surface area contributed by atoms with Gasteiger partial charge in [0.15, 0.2) is 0 Å². The average Bonchev–Trinajstić information content (AvgIpc) is 3.00. The summed E-state index contributed by atoms with van der Waals surface area (Å²) >= 11 is -9.68. The van der Waals surface area contributed by atoms with Gasteiger partial charge in [-0.15, -0.1) is 0 Å². The Hall–Kier alpha value is -3.70. The minimum absolute atomic E-state index is 3.32. The maximum absolute atomic E-state index is 15.4. The fourth-order valence-corrected chi connectivity index (χ4v) is 17.0. The van der Waals surface area contributed by atoms with Gasteiger partial charge in [0.05, 0.1) is 0 Å². The molecule has 0 amide bonds. The van der Waals surface area contributed by atoms with Crippen LogP contribution in [0.1, 0.15) is 0 Å². The molecule has 4 rings (SSSR count). The molecule has 0 aliphatic heterocycles. The van der Waals surface area contributed by atoms with E-state index in [0.717, 1.165) is 0 Å². The summed E-state index contributed by atoms with van der Waals surface area (Å²) < 4.78 is 281. The Morgan fingerprint density at radius 2 is 0.244 bits per heavy atom. The summed E-state index contributed by atoms with van der Waals surface area (Å²) in [6.45, 7) is 0. The first-order valence-corrected chi connectivity index (χ1v) is 15.8. The van der Waals surface area contributed by atoms with Crippen molar-refractivity contribution >= 4 is 32.8 Å². The molecular formula is C24F20Sb+. The van der Waals surface area contributed by atoms with Crippen LogP contribution in [-0.4, -0.2) is 18.8 Å². The van der Waals surface area contributed by atoms with E-state index in [1.54, 1.807) is 0 Å². The number of hydrogen-bond acceptors (Lipinski definition) is 0. The SMILES string of the molecule is Fc1c(F)c(F)[c]([Sb+]([c]2c(F)c(F)c(F)c(F)c2F)([c]2c(F)c(F)c(F)c(F)c2F)[c]2c(F)c(F)c(F)c(F)c2F)c(F)c1F. The number of benzene rings is 4. The molecule has 0 saturated heterocycles. The van der Waals surface area contributed by atoms with E-state index in [9.17, 15) is 52.7 Å². The predicted molar refractivity (Wildman–Crippen MR) is 109 cm³/mol. The van der Waals surface area contributed by atoms with Gasteiger partial charge in [0.1, 0.15) is 0 Å². The number of hydrogen-bond donors (Lipinski definition) is 0. The second-order valence-electron chi connectivity index (χ2n) is 8.34. The van der Waals surface area contributed by atoms with Gasteiger partial charge < -0.3 is 0 Å². The van der Waals surface area contributed by atoms with Crippen LogP contribution in [0.15, 0.2) is 0 Å².